The lowest BCUT2D eigenvalue weighted by Crippen LogP contribution is -2.31. The van der Waals surface area contributed by atoms with Gasteiger partial charge in [-0.15, -0.1) is 0 Å². The van der Waals surface area contributed by atoms with Gasteiger partial charge < -0.3 is 15.1 Å². The van der Waals surface area contributed by atoms with Crippen LogP contribution in [0.2, 0.25) is 0 Å². The van der Waals surface area contributed by atoms with E-state index in [9.17, 15) is 18.7 Å². The van der Waals surface area contributed by atoms with E-state index in [-0.39, 0.29) is 5.56 Å². The Hall–Kier alpha value is -1.85. The third-order valence-electron chi connectivity index (χ3n) is 2.00. The summed E-state index contributed by atoms with van der Waals surface area (Å²) >= 11 is 0. The smallest absolute Gasteiger partial charge is 0.257 e. The van der Waals surface area contributed by atoms with Crippen LogP contribution in [0.15, 0.2) is 18.2 Å². The molecule has 1 aromatic rings. The monoisotopic (exact) mass is 231 g/mol. The van der Waals surface area contributed by atoms with Gasteiger partial charge in [0.25, 0.3) is 12.3 Å². The van der Waals surface area contributed by atoms with Gasteiger partial charge in [-0.3, -0.25) is 4.79 Å². The van der Waals surface area contributed by atoms with Crippen molar-refractivity contribution < 1.29 is 23.8 Å². The molecule has 0 aliphatic carbocycles. The van der Waals surface area contributed by atoms with Gasteiger partial charge in [-0.2, -0.15) is 0 Å². The van der Waals surface area contributed by atoms with Crippen LogP contribution in [-0.4, -0.2) is 41.0 Å². The molecule has 1 amide bonds. The molecule has 0 heterocycles. The van der Waals surface area contributed by atoms with E-state index in [1.807, 2.05) is 0 Å². The summed E-state index contributed by atoms with van der Waals surface area (Å²) in [5.41, 5.74) is -0.205. The zero-order chi connectivity index (χ0) is 12.3. The molecule has 0 aromatic heterocycles. The van der Waals surface area contributed by atoms with Crippen LogP contribution in [0.5, 0.6) is 11.5 Å². The zero-order valence-corrected chi connectivity index (χ0v) is 8.52. The van der Waals surface area contributed by atoms with E-state index in [4.69, 9.17) is 5.11 Å². The van der Waals surface area contributed by atoms with Gasteiger partial charge in [0.15, 0.2) is 11.5 Å². The summed E-state index contributed by atoms with van der Waals surface area (Å²) in [6.45, 7) is -0.728. The lowest BCUT2D eigenvalue weighted by molar-refractivity contribution is 0.0617. The van der Waals surface area contributed by atoms with Crippen LogP contribution in [0.1, 0.15) is 10.4 Å². The quantitative estimate of drug-likeness (QED) is 0.774. The van der Waals surface area contributed by atoms with Crippen LogP contribution in [-0.2, 0) is 0 Å². The molecule has 4 nitrogen and oxygen atoms in total. The third-order valence-corrected chi connectivity index (χ3v) is 2.00. The fourth-order valence-electron chi connectivity index (χ4n) is 1.20. The van der Waals surface area contributed by atoms with E-state index in [1.54, 1.807) is 0 Å². The Morgan fingerprint density at radius 3 is 2.62 bits per heavy atom. The Morgan fingerprint density at radius 1 is 1.44 bits per heavy atom. The molecule has 0 spiro atoms. The third kappa shape index (κ3) is 2.59. The van der Waals surface area contributed by atoms with Crippen molar-refractivity contribution in [2.75, 3.05) is 13.6 Å². The Balaban J connectivity index is 2.92. The molecule has 0 unspecified atom stereocenters. The van der Waals surface area contributed by atoms with Crippen molar-refractivity contribution in [2.24, 2.45) is 0 Å². The minimum Gasteiger partial charge on any atom is -0.504 e. The molecular weight excluding hydrogens is 220 g/mol. The fourth-order valence-corrected chi connectivity index (χ4v) is 1.20. The highest BCUT2D eigenvalue weighted by Crippen LogP contribution is 2.28. The molecule has 1 aromatic carbocycles. The number of phenolic OH excluding ortho intramolecular Hbond substituents is 2. The summed E-state index contributed by atoms with van der Waals surface area (Å²) < 4.78 is 24.1. The van der Waals surface area contributed by atoms with Crippen LogP contribution < -0.4 is 0 Å². The predicted molar refractivity (Wildman–Crippen MR) is 52.7 cm³/mol. The topological polar surface area (TPSA) is 60.8 Å². The first-order chi connectivity index (χ1) is 7.43. The van der Waals surface area contributed by atoms with Crippen LogP contribution in [0, 0.1) is 0 Å². The molecule has 0 aliphatic rings. The highest BCUT2D eigenvalue weighted by Gasteiger charge is 2.19. The first-order valence-corrected chi connectivity index (χ1v) is 4.48. The Labute approximate surface area is 90.7 Å². The molecule has 0 bridgehead atoms. The van der Waals surface area contributed by atoms with E-state index in [0.717, 1.165) is 4.90 Å². The Bertz CT molecular complexity index is 396. The summed E-state index contributed by atoms with van der Waals surface area (Å²) in [6, 6.07) is 3.79. The van der Waals surface area contributed by atoms with Crippen molar-refractivity contribution in [1.82, 2.24) is 4.90 Å². The second-order valence-electron chi connectivity index (χ2n) is 3.25. The van der Waals surface area contributed by atoms with Gasteiger partial charge in [-0.05, 0) is 12.1 Å². The lowest BCUT2D eigenvalue weighted by Gasteiger charge is -2.17. The van der Waals surface area contributed by atoms with E-state index in [1.165, 1.54) is 25.2 Å². The molecule has 16 heavy (non-hydrogen) atoms. The van der Waals surface area contributed by atoms with Crippen molar-refractivity contribution in [3.8, 4) is 11.5 Å². The number of carbonyl (C=O) groups excluding carboxylic acids is 1. The van der Waals surface area contributed by atoms with Gasteiger partial charge in [0.05, 0.1) is 12.1 Å². The van der Waals surface area contributed by atoms with E-state index in [2.05, 4.69) is 0 Å². The summed E-state index contributed by atoms with van der Waals surface area (Å²) in [5, 5.41) is 18.5. The number of amides is 1. The van der Waals surface area contributed by atoms with E-state index in [0.29, 0.717) is 0 Å². The van der Waals surface area contributed by atoms with Gasteiger partial charge in [0.1, 0.15) is 0 Å². The SMILES string of the molecule is CN(CC(F)F)C(=O)c1cccc(O)c1O. The van der Waals surface area contributed by atoms with Gasteiger partial charge in [0, 0.05) is 7.05 Å². The molecule has 1 rings (SSSR count). The number of para-hydroxylation sites is 1. The fraction of sp³-hybridized carbons (Fsp3) is 0.300. The number of hydrogen-bond donors (Lipinski definition) is 2. The summed E-state index contributed by atoms with van der Waals surface area (Å²) in [6.07, 6.45) is -2.64. The Morgan fingerprint density at radius 2 is 2.06 bits per heavy atom. The molecule has 0 saturated heterocycles. The highest BCUT2D eigenvalue weighted by atomic mass is 19.3. The molecule has 0 fully saturated rings. The maximum absolute atomic E-state index is 12.0. The summed E-state index contributed by atoms with van der Waals surface area (Å²) in [5.74, 6) is -1.83. The molecular formula is C10H11F2NO3. The van der Waals surface area contributed by atoms with Gasteiger partial charge >= 0.3 is 0 Å². The largest absolute Gasteiger partial charge is 0.504 e. The minimum atomic E-state index is -2.64. The number of carbonyl (C=O) groups is 1. The second kappa shape index (κ2) is 4.78. The highest BCUT2D eigenvalue weighted by molar-refractivity contribution is 5.97. The van der Waals surface area contributed by atoms with Crippen LogP contribution in [0.3, 0.4) is 0 Å². The van der Waals surface area contributed by atoms with Gasteiger partial charge in [0.2, 0.25) is 0 Å². The van der Waals surface area contributed by atoms with Crippen molar-refractivity contribution in [2.45, 2.75) is 6.43 Å². The van der Waals surface area contributed by atoms with Crippen molar-refractivity contribution >= 4 is 5.91 Å². The number of aromatic hydroxyl groups is 2. The average molecular weight is 231 g/mol. The molecule has 2 N–H and O–H groups in total. The number of nitrogens with zero attached hydrogens (tertiary/aromatic N) is 1. The molecule has 0 radical (unpaired) electrons. The molecule has 0 aliphatic heterocycles. The predicted octanol–water partition coefficient (Wildman–Crippen LogP) is 1.43. The average Bonchev–Trinajstić information content (AvgIpc) is 2.20. The van der Waals surface area contributed by atoms with Gasteiger partial charge in [-0.25, -0.2) is 8.78 Å². The van der Waals surface area contributed by atoms with E-state index >= 15 is 0 Å². The summed E-state index contributed by atoms with van der Waals surface area (Å²) in [4.78, 5) is 12.4. The van der Waals surface area contributed by atoms with Crippen molar-refractivity contribution in [1.29, 1.82) is 0 Å². The molecule has 88 valence electrons. The number of alkyl halides is 2. The second-order valence-corrected chi connectivity index (χ2v) is 3.25. The van der Waals surface area contributed by atoms with Gasteiger partial charge in [-0.1, -0.05) is 6.07 Å². The molecule has 6 heteroatoms. The number of rotatable bonds is 3. The van der Waals surface area contributed by atoms with E-state index < -0.39 is 30.4 Å². The minimum absolute atomic E-state index is 0.205. The van der Waals surface area contributed by atoms with Crippen molar-refractivity contribution in [3.05, 3.63) is 23.8 Å². The standard InChI is InChI=1S/C10H11F2NO3/c1-13(5-8(11)12)10(16)6-3-2-4-7(14)9(6)15/h2-4,8,14-15H,5H2,1H3. The maximum Gasteiger partial charge on any atom is 0.257 e. The molecule has 0 saturated carbocycles. The number of phenols is 2. The normalized spacial score (nSPS) is 10.5. The first kappa shape index (κ1) is 12.2. The zero-order valence-electron chi connectivity index (χ0n) is 8.52. The first-order valence-electron chi connectivity index (χ1n) is 4.48. The van der Waals surface area contributed by atoms with Crippen LogP contribution in [0.25, 0.3) is 0 Å². The summed E-state index contributed by atoms with van der Waals surface area (Å²) in [7, 11) is 1.19. The maximum atomic E-state index is 12.0. The number of halogens is 2. The molecule has 0 atom stereocenters. The number of benzene rings is 1. The Kier molecular flexibility index (Phi) is 3.65. The van der Waals surface area contributed by atoms with Crippen LogP contribution in [0.4, 0.5) is 8.78 Å². The van der Waals surface area contributed by atoms with Crippen LogP contribution >= 0.6 is 0 Å². The van der Waals surface area contributed by atoms with Crippen molar-refractivity contribution in [3.63, 3.8) is 0 Å². The number of hydrogen-bond acceptors (Lipinski definition) is 3. The lowest BCUT2D eigenvalue weighted by atomic mass is 10.1.